The molecule has 1 atom stereocenters. The molecule has 0 aliphatic carbocycles. The summed E-state index contributed by atoms with van der Waals surface area (Å²) in [5.74, 6) is 1.63. The molecule has 1 fully saturated rings. The van der Waals surface area contributed by atoms with Crippen LogP contribution in [0.2, 0.25) is 0 Å². The smallest absolute Gasteiger partial charge is 0.225 e. The van der Waals surface area contributed by atoms with Gasteiger partial charge in [-0.05, 0) is 40.6 Å². The van der Waals surface area contributed by atoms with E-state index in [4.69, 9.17) is 9.47 Å². The van der Waals surface area contributed by atoms with Crippen molar-refractivity contribution in [3.8, 4) is 5.75 Å². The summed E-state index contributed by atoms with van der Waals surface area (Å²) < 4.78 is 11.3. The predicted molar refractivity (Wildman–Crippen MR) is 93.4 cm³/mol. The second kappa shape index (κ2) is 6.45. The van der Waals surface area contributed by atoms with E-state index in [0.717, 1.165) is 30.2 Å². The van der Waals surface area contributed by atoms with Gasteiger partial charge in [0.05, 0.1) is 20.3 Å². The van der Waals surface area contributed by atoms with Crippen molar-refractivity contribution in [2.24, 2.45) is 0 Å². The highest BCUT2D eigenvalue weighted by molar-refractivity contribution is 5.84. The SMILES string of the molecule is COc1ccc2cc([C@@H]3CN(c4ncccn4)CCO3)ccc2c1. The largest absolute Gasteiger partial charge is 0.497 e. The van der Waals surface area contributed by atoms with E-state index in [-0.39, 0.29) is 6.10 Å². The number of rotatable bonds is 3. The first kappa shape index (κ1) is 14.9. The first-order chi connectivity index (χ1) is 11.8. The minimum absolute atomic E-state index is 0.0223. The van der Waals surface area contributed by atoms with Gasteiger partial charge >= 0.3 is 0 Å². The van der Waals surface area contributed by atoms with Gasteiger partial charge in [-0.3, -0.25) is 0 Å². The minimum atomic E-state index is 0.0223. The molecule has 0 amide bonds. The van der Waals surface area contributed by atoms with Gasteiger partial charge in [-0.25, -0.2) is 9.97 Å². The van der Waals surface area contributed by atoms with Crippen LogP contribution in [0.5, 0.6) is 5.75 Å². The van der Waals surface area contributed by atoms with E-state index in [1.165, 1.54) is 10.9 Å². The van der Waals surface area contributed by atoms with Gasteiger partial charge in [-0.15, -0.1) is 0 Å². The number of hydrogen-bond acceptors (Lipinski definition) is 5. The third kappa shape index (κ3) is 2.90. The number of nitrogens with zero attached hydrogens (tertiary/aromatic N) is 3. The number of hydrogen-bond donors (Lipinski definition) is 0. The molecule has 1 aliphatic rings. The lowest BCUT2D eigenvalue weighted by atomic mass is 10.0. The molecular weight excluding hydrogens is 302 g/mol. The normalized spacial score (nSPS) is 17.9. The van der Waals surface area contributed by atoms with Crippen LogP contribution in [0.3, 0.4) is 0 Å². The molecule has 0 N–H and O–H groups in total. The fourth-order valence-corrected chi connectivity index (χ4v) is 3.06. The van der Waals surface area contributed by atoms with Crippen LogP contribution < -0.4 is 9.64 Å². The van der Waals surface area contributed by atoms with Gasteiger partial charge in [0.2, 0.25) is 5.95 Å². The van der Waals surface area contributed by atoms with Crippen LogP contribution in [0, 0.1) is 0 Å². The van der Waals surface area contributed by atoms with Crippen molar-refractivity contribution in [2.75, 3.05) is 31.7 Å². The summed E-state index contributed by atoms with van der Waals surface area (Å²) in [5.41, 5.74) is 1.17. The minimum Gasteiger partial charge on any atom is -0.497 e. The Bertz CT molecular complexity index is 838. The molecule has 24 heavy (non-hydrogen) atoms. The molecule has 2 heterocycles. The van der Waals surface area contributed by atoms with Crippen molar-refractivity contribution < 1.29 is 9.47 Å². The zero-order valence-electron chi connectivity index (χ0n) is 13.6. The Morgan fingerprint density at radius 1 is 1.08 bits per heavy atom. The molecule has 0 saturated carbocycles. The van der Waals surface area contributed by atoms with Crippen LogP contribution in [0.15, 0.2) is 54.9 Å². The van der Waals surface area contributed by atoms with Crippen LogP contribution in [0.25, 0.3) is 10.8 Å². The van der Waals surface area contributed by atoms with E-state index in [1.54, 1.807) is 19.5 Å². The molecule has 0 unspecified atom stereocenters. The Morgan fingerprint density at radius 3 is 2.71 bits per heavy atom. The van der Waals surface area contributed by atoms with Crippen LogP contribution in [0.1, 0.15) is 11.7 Å². The van der Waals surface area contributed by atoms with E-state index in [1.807, 2.05) is 18.2 Å². The van der Waals surface area contributed by atoms with Crippen molar-refractivity contribution in [3.63, 3.8) is 0 Å². The monoisotopic (exact) mass is 321 g/mol. The van der Waals surface area contributed by atoms with E-state index in [9.17, 15) is 0 Å². The number of methoxy groups -OCH3 is 1. The van der Waals surface area contributed by atoms with E-state index in [0.29, 0.717) is 6.61 Å². The second-order valence-electron chi connectivity index (χ2n) is 5.83. The number of ether oxygens (including phenoxy) is 2. The summed E-state index contributed by atoms with van der Waals surface area (Å²) in [4.78, 5) is 10.9. The molecule has 5 heteroatoms. The van der Waals surface area contributed by atoms with E-state index < -0.39 is 0 Å². The maximum Gasteiger partial charge on any atom is 0.225 e. The van der Waals surface area contributed by atoms with Crippen molar-refractivity contribution in [1.82, 2.24) is 9.97 Å². The Kier molecular flexibility index (Phi) is 4.01. The molecule has 2 aromatic carbocycles. The number of benzene rings is 2. The van der Waals surface area contributed by atoms with Crippen LogP contribution in [-0.4, -0.2) is 36.8 Å². The van der Waals surface area contributed by atoms with Crippen LogP contribution in [-0.2, 0) is 4.74 Å². The molecule has 0 bridgehead atoms. The Labute approximate surface area is 140 Å². The maximum absolute atomic E-state index is 5.99. The van der Waals surface area contributed by atoms with Crippen molar-refractivity contribution in [1.29, 1.82) is 0 Å². The molecule has 0 spiro atoms. The standard InChI is InChI=1S/C19H19N3O2/c1-23-17-6-5-14-11-16(4-3-15(14)12-17)18-13-22(9-10-24-18)19-20-7-2-8-21-19/h2-8,11-12,18H,9-10,13H2,1H3/t18-/m0/s1. The topological polar surface area (TPSA) is 47.5 Å². The summed E-state index contributed by atoms with van der Waals surface area (Å²) in [5, 5.41) is 2.35. The van der Waals surface area contributed by atoms with Crippen molar-refractivity contribution in [3.05, 3.63) is 60.4 Å². The van der Waals surface area contributed by atoms with Crippen LogP contribution >= 0.6 is 0 Å². The van der Waals surface area contributed by atoms with E-state index in [2.05, 4.69) is 39.1 Å². The fourth-order valence-electron chi connectivity index (χ4n) is 3.06. The molecule has 3 aromatic rings. The molecule has 1 aliphatic heterocycles. The number of fused-ring (bicyclic) bond motifs is 1. The highest BCUT2D eigenvalue weighted by Gasteiger charge is 2.23. The van der Waals surface area contributed by atoms with Gasteiger partial charge in [0, 0.05) is 18.9 Å². The molecule has 1 saturated heterocycles. The van der Waals surface area contributed by atoms with E-state index >= 15 is 0 Å². The summed E-state index contributed by atoms with van der Waals surface area (Å²) in [6.07, 6.45) is 3.57. The Hall–Kier alpha value is -2.66. The molecule has 4 rings (SSSR count). The maximum atomic E-state index is 5.99. The highest BCUT2D eigenvalue weighted by Crippen LogP contribution is 2.28. The summed E-state index contributed by atoms with van der Waals surface area (Å²) >= 11 is 0. The number of morpholine rings is 1. The lowest BCUT2D eigenvalue weighted by molar-refractivity contribution is 0.0393. The third-order valence-electron chi connectivity index (χ3n) is 4.34. The average molecular weight is 321 g/mol. The zero-order valence-corrected chi connectivity index (χ0v) is 13.6. The third-order valence-corrected chi connectivity index (χ3v) is 4.34. The Morgan fingerprint density at radius 2 is 1.88 bits per heavy atom. The lowest BCUT2D eigenvalue weighted by Crippen LogP contribution is -2.39. The van der Waals surface area contributed by atoms with Crippen molar-refractivity contribution >= 4 is 16.7 Å². The zero-order chi connectivity index (χ0) is 16.4. The van der Waals surface area contributed by atoms with Gasteiger partial charge in [-0.2, -0.15) is 0 Å². The van der Waals surface area contributed by atoms with Gasteiger partial charge < -0.3 is 14.4 Å². The summed E-state index contributed by atoms with van der Waals surface area (Å²) in [6.45, 7) is 2.24. The van der Waals surface area contributed by atoms with Gasteiger partial charge in [-0.1, -0.05) is 18.2 Å². The first-order valence-electron chi connectivity index (χ1n) is 8.05. The quantitative estimate of drug-likeness (QED) is 0.741. The second-order valence-corrected chi connectivity index (χ2v) is 5.83. The molecule has 0 radical (unpaired) electrons. The number of aromatic nitrogens is 2. The van der Waals surface area contributed by atoms with Gasteiger partial charge in [0.15, 0.2) is 0 Å². The Balaban J connectivity index is 1.59. The lowest BCUT2D eigenvalue weighted by Gasteiger charge is -2.33. The van der Waals surface area contributed by atoms with Gasteiger partial charge in [0.1, 0.15) is 11.9 Å². The number of anilines is 1. The molecular formula is C19H19N3O2. The molecule has 5 nitrogen and oxygen atoms in total. The predicted octanol–water partition coefficient (Wildman–Crippen LogP) is 3.22. The molecule has 1 aromatic heterocycles. The fraction of sp³-hybridized carbons (Fsp3) is 0.263. The van der Waals surface area contributed by atoms with Crippen molar-refractivity contribution in [2.45, 2.75) is 6.10 Å². The van der Waals surface area contributed by atoms with Gasteiger partial charge in [0.25, 0.3) is 0 Å². The average Bonchev–Trinajstić information content (AvgIpc) is 2.68. The molecule has 122 valence electrons. The summed E-state index contributed by atoms with van der Waals surface area (Å²) in [7, 11) is 1.69. The van der Waals surface area contributed by atoms with Crippen LogP contribution in [0.4, 0.5) is 5.95 Å². The first-order valence-corrected chi connectivity index (χ1v) is 8.05. The highest BCUT2D eigenvalue weighted by atomic mass is 16.5. The summed E-state index contributed by atoms with van der Waals surface area (Å²) in [6, 6.07) is 14.4.